The van der Waals surface area contributed by atoms with Crippen molar-refractivity contribution in [3.63, 3.8) is 0 Å². The summed E-state index contributed by atoms with van der Waals surface area (Å²) in [6, 6.07) is 0.637. The first kappa shape index (κ1) is 11.0. The Morgan fingerprint density at radius 1 is 1.50 bits per heavy atom. The van der Waals surface area contributed by atoms with Gasteiger partial charge in [-0.25, -0.2) is 4.98 Å². The molecule has 0 aromatic carbocycles. The number of pyridine rings is 1. The lowest BCUT2D eigenvalue weighted by Crippen LogP contribution is -2.12. The van der Waals surface area contributed by atoms with Crippen LogP contribution >= 0.6 is 11.6 Å². The largest absolute Gasteiger partial charge is 0.417 e. The number of ketones is 1. The number of carbonyl (C=O) groups excluding carboxylic acids is 1. The van der Waals surface area contributed by atoms with Crippen molar-refractivity contribution in [3.8, 4) is 0 Å². The Morgan fingerprint density at radius 3 is 2.50 bits per heavy atom. The van der Waals surface area contributed by atoms with Crippen LogP contribution in [-0.2, 0) is 6.18 Å². The van der Waals surface area contributed by atoms with E-state index < -0.39 is 23.1 Å². The Kier molecular flexibility index (Phi) is 2.80. The van der Waals surface area contributed by atoms with Crippen molar-refractivity contribution in [3.05, 3.63) is 28.5 Å². The van der Waals surface area contributed by atoms with E-state index >= 15 is 0 Å². The topological polar surface area (TPSA) is 30.0 Å². The number of alkyl halides is 3. The molecular formula is C8H5ClF3NO. The quantitative estimate of drug-likeness (QED) is 0.541. The number of aromatic nitrogens is 1. The lowest BCUT2D eigenvalue weighted by molar-refractivity contribution is -0.138. The van der Waals surface area contributed by atoms with Crippen LogP contribution in [0.1, 0.15) is 22.8 Å². The SMILES string of the molecule is CC(=O)c1cnc(Cl)cc1C(F)(F)F. The first-order valence-corrected chi connectivity index (χ1v) is 3.94. The molecule has 0 atom stereocenters. The summed E-state index contributed by atoms with van der Waals surface area (Å²) in [5.41, 5.74) is -1.52. The molecule has 0 fully saturated rings. The van der Waals surface area contributed by atoms with E-state index in [1.807, 2.05) is 0 Å². The van der Waals surface area contributed by atoms with Crippen LogP contribution in [0.2, 0.25) is 5.15 Å². The molecule has 1 aromatic rings. The minimum absolute atomic E-state index is 0.290. The van der Waals surface area contributed by atoms with Crippen molar-refractivity contribution in [2.24, 2.45) is 0 Å². The Hall–Kier alpha value is -1.10. The van der Waals surface area contributed by atoms with Gasteiger partial charge in [-0.1, -0.05) is 11.6 Å². The Bertz CT molecular complexity index is 375. The first-order valence-electron chi connectivity index (χ1n) is 3.56. The van der Waals surface area contributed by atoms with Gasteiger partial charge in [0.15, 0.2) is 5.78 Å². The summed E-state index contributed by atoms with van der Waals surface area (Å²) >= 11 is 5.31. The molecule has 1 rings (SSSR count). The minimum Gasteiger partial charge on any atom is -0.294 e. The predicted octanol–water partition coefficient (Wildman–Crippen LogP) is 2.96. The van der Waals surface area contributed by atoms with Gasteiger partial charge in [0.25, 0.3) is 0 Å². The average molecular weight is 224 g/mol. The van der Waals surface area contributed by atoms with Crippen LogP contribution in [0.5, 0.6) is 0 Å². The number of rotatable bonds is 1. The van der Waals surface area contributed by atoms with Gasteiger partial charge in [-0.2, -0.15) is 13.2 Å². The van der Waals surface area contributed by atoms with Crippen LogP contribution < -0.4 is 0 Å². The van der Waals surface area contributed by atoms with Crippen molar-refractivity contribution in [2.75, 3.05) is 0 Å². The molecule has 0 spiro atoms. The third-order valence-electron chi connectivity index (χ3n) is 1.56. The lowest BCUT2D eigenvalue weighted by atomic mass is 10.1. The zero-order chi connectivity index (χ0) is 10.9. The summed E-state index contributed by atoms with van der Waals surface area (Å²) in [6.07, 6.45) is -3.76. The van der Waals surface area contributed by atoms with Crippen LogP contribution in [0.15, 0.2) is 12.3 Å². The van der Waals surface area contributed by atoms with Crippen LogP contribution in [-0.4, -0.2) is 10.8 Å². The molecule has 0 amide bonds. The molecule has 1 aromatic heterocycles. The highest BCUT2D eigenvalue weighted by Crippen LogP contribution is 2.33. The fourth-order valence-electron chi connectivity index (χ4n) is 0.945. The van der Waals surface area contributed by atoms with Gasteiger partial charge in [-0.15, -0.1) is 0 Å². The number of carbonyl (C=O) groups is 1. The van der Waals surface area contributed by atoms with Crippen molar-refractivity contribution in [2.45, 2.75) is 13.1 Å². The number of nitrogens with zero attached hydrogens (tertiary/aromatic N) is 1. The average Bonchev–Trinajstić information content (AvgIpc) is 2.01. The summed E-state index contributed by atoms with van der Waals surface area (Å²) in [5.74, 6) is -0.693. The first-order chi connectivity index (χ1) is 6.32. The summed E-state index contributed by atoms with van der Waals surface area (Å²) < 4.78 is 37.1. The van der Waals surface area contributed by atoms with Gasteiger partial charge in [0.05, 0.1) is 5.56 Å². The molecule has 0 aliphatic heterocycles. The molecule has 0 saturated carbocycles. The molecule has 0 radical (unpaired) electrons. The maximum absolute atomic E-state index is 12.4. The molecule has 0 aliphatic rings. The van der Waals surface area contributed by atoms with Crippen LogP contribution in [0.4, 0.5) is 13.2 Å². The van der Waals surface area contributed by atoms with Gasteiger partial charge in [0.1, 0.15) is 5.15 Å². The van der Waals surface area contributed by atoms with E-state index in [9.17, 15) is 18.0 Å². The summed E-state index contributed by atoms with van der Waals surface area (Å²) in [5, 5.41) is -0.290. The Balaban J connectivity index is 3.38. The van der Waals surface area contributed by atoms with Crippen molar-refractivity contribution >= 4 is 17.4 Å². The van der Waals surface area contributed by atoms with Gasteiger partial charge in [0.2, 0.25) is 0 Å². The summed E-state index contributed by atoms with van der Waals surface area (Å²) in [7, 11) is 0. The van der Waals surface area contributed by atoms with Gasteiger partial charge >= 0.3 is 6.18 Å². The van der Waals surface area contributed by atoms with Gasteiger partial charge < -0.3 is 0 Å². The van der Waals surface area contributed by atoms with Gasteiger partial charge in [0, 0.05) is 11.8 Å². The molecule has 14 heavy (non-hydrogen) atoms. The number of halogens is 4. The van der Waals surface area contributed by atoms with E-state index in [-0.39, 0.29) is 5.15 Å². The normalized spacial score (nSPS) is 11.5. The molecular weight excluding hydrogens is 219 g/mol. The zero-order valence-electron chi connectivity index (χ0n) is 7.02. The highest BCUT2D eigenvalue weighted by atomic mass is 35.5. The monoisotopic (exact) mass is 223 g/mol. The van der Waals surface area contributed by atoms with E-state index in [0.29, 0.717) is 6.07 Å². The van der Waals surface area contributed by atoms with E-state index in [0.717, 1.165) is 13.1 Å². The molecule has 0 saturated heterocycles. The van der Waals surface area contributed by atoms with Gasteiger partial charge in [-0.3, -0.25) is 4.79 Å². The molecule has 6 heteroatoms. The Morgan fingerprint density at radius 2 is 2.07 bits per heavy atom. The van der Waals surface area contributed by atoms with Crippen molar-refractivity contribution in [1.29, 1.82) is 0 Å². The molecule has 1 heterocycles. The third-order valence-corrected chi connectivity index (χ3v) is 1.76. The number of hydrogen-bond donors (Lipinski definition) is 0. The van der Waals surface area contributed by atoms with E-state index in [1.165, 1.54) is 0 Å². The van der Waals surface area contributed by atoms with E-state index in [4.69, 9.17) is 11.6 Å². The van der Waals surface area contributed by atoms with E-state index in [1.54, 1.807) is 0 Å². The lowest BCUT2D eigenvalue weighted by Gasteiger charge is -2.10. The van der Waals surface area contributed by atoms with Crippen LogP contribution in [0.3, 0.4) is 0 Å². The molecule has 2 nitrogen and oxygen atoms in total. The second-order valence-electron chi connectivity index (χ2n) is 2.61. The van der Waals surface area contributed by atoms with E-state index in [2.05, 4.69) is 4.98 Å². The maximum atomic E-state index is 12.4. The second-order valence-corrected chi connectivity index (χ2v) is 2.99. The summed E-state index contributed by atoms with van der Waals surface area (Å²) in [4.78, 5) is 14.3. The van der Waals surface area contributed by atoms with Crippen LogP contribution in [0, 0.1) is 0 Å². The van der Waals surface area contributed by atoms with Crippen molar-refractivity contribution in [1.82, 2.24) is 4.98 Å². The predicted molar refractivity (Wildman–Crippen MR) is 44.3 cm³/mol. The van der Waals surface area contributed by atoms with Crippen LogP contribution in [0.25, 0.3) is 0 Å². The minimum atomic E-state index is -4.59. The second kappa shape index (κ2) is 3.57. The van der Waals surface area contributed by atoms with Crippen molar-refractivity contribution < 1.29 is 18.0 Å². The highest BCUT2D eigenvalue weighted by molar-refractivity contribution is 6.29. The zero-order valence-corrected chi connectivity index (χ0v) is 7.78. The number of Topliss-reactive ketones (excluding diaryl/α,β-unsaturated/α-hetero) is 1. The third kappa shape index (κ3) is 2.23. The smallest absolute Gasteiger partial charge is 0.294 e. The fraction of sp³-hybridized carbons (Fsp3) is 0.250. The molecule has 0 bridgehead atoms. The van der Waals surface area contributed by atoms with Gasteiger partial charge in [-0.05, 0) is 13.0 Å². The number of hydrogen-bond acceptors (Lipinski definition) is 2. The molecule has 0 unspecified atom stereocenters. The summed E-state index contributed by atoms with van der Waals surface area (Å²) in [6.45, 7) is 1.04. The molecule has 76 valence electrons. The maximum Gasteiger partial charge on any atom is 0.417 e. The fourth-order valence-corrected chi connectivity index (χ4v) is 1.10. The highest BCUT2D eigenvalue weighted by Gasteiger charge is 2.34. The Labute approximate surface area is 82.7 Å². The molecule has 0 aliphatic carbocycles. The molecule has 0 N–H and O–H groups in total. The standard InChI is InChI=1S/C8H5ClF3NO/c1-4(14)5-3-13-7(9)2-6(5)8(10,11)12/h2-3H,1H3.